The van der Waals surface area contributed by atoms with Crippen LogP contribution >= 0.6 is 11.6 Å². The maximum atomic E-state index is 13.5. The molecule has 0 saturated carbocycles. The summed E-state index contributed by atoms with van der Waals surface area (Å²) in [7, 11) is 0. The number of anilines is 1. The third kappa shape index (κ3) is 3.32. The molecule has 2 N–H and O–H groups in total. The van der Waals surface area contributed by atoms with E-state index in [2.05, 4.69) is 20.5 Å². The van der Waals surface area contributed by atoms with E-state index in [9.17, 15) is 4.79 Å². The highest BCUT2D eigenvalue weighted by Gasteiger charge is 2.22. The highest BCUT2D eigenvalue weighted by Crippen LogP contribution is 2.31. The molecule has 1 aliphatic rings. The van der Waals surface area contributed by atoms with Crippen LogP contribution in [0.2, 0.25) is 5.02 Å². The fraction of sp³-hybridized carbons (Fsp3) is 0.167. The van der Waals surface area contributed by atoms with Crippen LogP contribution in [0.4, 0.5) is 5.95 Å². The molecule has 0 unspecified atom stereocenters. The fourth-order valence-electron chi connectivity index (χ4n) is 4.16. The molecule has 1 atom stereocenters. The van der Waals surface area contributed by atoms with Crippen molar-refractivity contribution in [1.82, 2.24) is 24.7 Å². The first-order valence-corrected chi connectivity index (χ1v) is 11.1. The van der Waals surface area contributed by atoms with Crippen molar-refractivity contribution < 1.29 is 9.47 Å². The van der Waals surface area contributed by atoms with Gasteiger partial charge in [-0.2, -0.15) is 10.1 Å². The van der Waals surface area contributed by atoms with E-state index in [1.807, 2.05) is 43.3 Å². The van der Waals surface area contributed by atoms with Crippen LogP contribution in [-0.4, -0.2) is 44.0 Å². The second-order valence-corrected chi connectivity index (χ2v) is 8.42. The van der Waals surface area contributed by atoms with Crippen LogP contribution in [0.1, 0.15) is 5.56 Å². The number of aromatic nitrogens is 5. The molecule has 0 spiro atoms. The van der Waals surface area contributed by atoms with E-state index < -0.39 is 0 Å². The summed E-state index contributed by atoms with van der Waals surface area (Å²) < 4.78 is 13.3. The lowest BCUT2D eigenvalue weighted by molar-refractivity contribution is 0.0996. The molecule has 2 aromatic carbocycles. The Hall–Kier alpha value is -4.11. The van der Waals surface area contributed by atoms with Gasteiger partial charge in [-0.1, -0.05) is 35.9 Å². The van der Waals surface area contributed by atoms with Gasteiger partial charge in [0.1, 0.15) is 12.7 Å². The number of para-hydroxylation sites is 3. The van der Waals surface area contributed by atoms with E-state index in [1.165, 1.54) is 10.8 Å². The van der Waals surface area contributed by atoms with E-state index in [0.717, 1.165) is 11.3 Å². The Labute approximate surface area is 198 Å². The van der Waals surface area contributed by atoms with Gasteiger partial charge in [0, 0.05) is 6.20 Å². The number of aromatic amines is 1. The first-order valence-electron chi connectivity index (χ1n) is 10.7. The van der Waals surface area contributed by atoms with Crippen molar-refractivity contribution in [2.45, 2.75) is 13.0 Å². The van der Waals surface area contributed by atoms with Gasteiger partial charge in [0.15, 0.2) is 17.1 Å². The first-order chi connectivity index (χ1) is 16.6. The predicted molar refractivity (Wildman–Crippen MR) is 129 cm³/mol. The molecule has 1 aliphatic heterocycles. The molecule has 0 saturated heterocycles. The summed E-state index contributed by atoms with van der Waals surface area (Å²) in [6, 6.07) is 13.0. The van der Waals surface area contributed by atoms with Gasteiger partial charge in [-0.15, -0.1) is 0 Å². The van der Waals surface area contributed by atoms with Gasteiger partial charge in [0.05, 0.1) is 39.7 Å². The molecular formula is C24H19ClN6O3. The number of halogens is 1. The van der Waals surface area contributed by atoms with Crippen molar-refractivity contribution in [1.29, 1.82) is 0 Å². The van der Waals surface area contributed by atoms with Crippen molar-refractivity contribution in [3.05, 3.63) is 75.8 Å². The molecule has 0 amide bonds. The van der Waals surface area contributed by atoms with Crippen LogP contribution in [0.15, 0.2) is 59.7 Å². The highest BCUT2D eigenvalue weighted by molar-refractivity contribution is 6.32. The standard InChI is InChI=1S/C24H19ClN6O3/c1-13-5-4-6-17(25)21(13)31-22-15(20-16(23(31)32)11-28-30-20)10-27-24(29-22)26-9-14-12-33-18-7-2-3-8-19(18)34-14/h2-8,10-11,14H,9,12H2,1H3,(H,28,30)(H,26,27,29)/t14-/m0/s1. The Morgan fingerprint density at radius 1 is 1.15 bits per heavy atom. The number of aryl methyl sites for hydroxylation is 1. The minimum atomic E-state index is -0.266. The van der Waals surface area contributed by atoms with Crippen LogP contribution in [0.3, 0.4) is 0 Å². The van der Waals surface area contributed by atoms with Gasteiger partial charge in [-0.05, 0) is 30.7 Å². The van der Waals surface area contributed by atoms with Gasteiger partial charge >= 0.3 is 0 Å². The molecule has 0 aliphatic carbocycles. The third-order valence-electron chi connectivity index (χ3n) is 5.79. The Balaban J connectivity index is 1.41. The van der Waals surface area contributed by atoms with Crippen molar-refractivity contribution in [2.24, 2.45) is 0 Å². The minimum absolute atomic E-state index is 0.225. The van der Waals surface area contributed by atoms with Gasteiger partial charge in [0.2, 0.25) is 5.95 Å². The van der Waals surface area contributed by atoms with Crippen LogP contribution < -0.4 is 20.3 Å². The average molecular weight is 475 g/mol. The second-order valence-electron chi connectivity index (χ2n) is 8.01. The number of hydrogen-bond donors (Lipinski definition) is 2. The van der Waals surface area contributed by atoms with Crippen molar-refractivity contribution in [2.75, 3.05) is 18.5 Å². The fourth-order valence-corrected chi connectivity index (χ4v) is 4.46. The van der Waals surface area contributed by atoms with E-state index in [-0.39, 0.29) is 11.7 Å². The van der Waals surface area contributed by atoms with Crippen molar-refractivity contribution >= 4 is 39.5 Å². The lowest BCUT2D eigenvalue weighted by Crippen LogP contribution is -2.35. The molecule has 170 valence electrons. The van der Waals surface area contributed by atoms with E-state index in [0.29, 0.717) is 57.5 Å². The molecule has 4 heterocycles. The average Bonchev–Trinajstić information content (AvgIpc) is 3.35. The third-order valence-corrected chi connectivity index (χ3v) is 6.10. The molecule has 0 fully saturated rings. The monoisotopic (exact) mass is 474 g/mol. The Kier molecular flexibility index (Phi) is 4.84. The molecule has 0 bridgehead atoms. The molecule has 10 heteroatoms. The summed E-state index contributed by atoms with van der Waals surface area (Å²) in [6.45, 7) is 2.72. The number of nitrogens with one attached hydrogen (secondary N) is 2. The Bertz CT molecular complexity index is 1590. The summed E-state index contributed by atoms with van der Waals surface area (Å²) in [5.74, 6) is 1.78. The van der Waals surface area contributed by atoms with Gasteiger partial charge in [-0.25, -0.2) is 4.98 Å². The molecule has 5 aromatic rings. The molecule has 9 nitrogen and oxygen atoms in total. The number of H-pyrrole nitrogens is 1. The van der Waals surface area contributed by atoms with Crippen LogP contribution in [0, 0.1) is 6.92 Å². The molecule has 3 aromatic heterocycles. The zero-order chi connectivity index (χ0) is 23.2. The largest absolute Gasteiger partial charge is 0.486 e. The topological polar surface area (TPSA) is 107 Å². The number of nitrogens with zero attached hydrogens (tertiary/aromatic N) is 4. The minimum Gasteiger partial charge on any atom is -0.486 e. The van der Waals surface area contributed by atoms with E-state index >= 15 is 0 Å². The Morgan fingerprint density at radius 2 is 2.00 bits per heavy atom. The number of rotatable bonds is 4. The maximum absolute atomic E-state index is 13.5. The number of ether oxygens (including phenoxy) is 2. The SMILES string of the molecule is Cc1cccc(Cl)c1-n1c(=O)c2cn[nH]c2c2cnc(NC[C@H]3COc4ccccc4O3)nc21. The predicted octanol–water partition coefficient (Wildman–Crippen LogP) is 3.87. The van der Waals surface area contributed by atoms with E-state index in [1.54, 1.807) is 12.3 Å². The summed E-state index contributed by atoms with van der Waals surface area (Å²) in [5.41, 5.74) is 2.15. The van der Waals surface area contributed by atoms with Crippen LogP contribution in [-0.2, 0) is 0 Å². The zero-order valence-electron chi connectivity index (χ0n) is 18.1. The van der Waals surface area contributed by atoms with Crippen LogP contribution in [0.5, 0.6) is 11.5 Å². The number of pyridine rings is 1. The molecule has 0 radical (unpaired) electrons. The van der Waals surface area contributed by atoms with Gasteiger partial charge < -0.3 is 14.8 Å². The summed E-state index contributed by atoms with van der Waals surface area (Å²) in [4.78, 5) is 22.6. The summed E-state index contributed by atoms with van der Waals surface area (Å²) >= 11 is 6.53. The van der Waals surface area contributed by atoms with Crippen molar-refractivity contribution in [3.63, 3.8) is 0 Å². The van der Waals surface area contributed by atoms with Crippen molar-refractivity contribution in [3.8, 4) is 17.2 Å². The lowest BCUT2D eigenvalue weighted by Gasteiger charge is -2.26. The number of benzene rings is 2. The number of hydrogen-bond acceptors (Lipinski definition) is 7. The zero-order valence-corrected chi connectivity index (χ0v) is 18.8. The quantitative estimate of drug-likeness (QED) is 0.407. The first kappa shape index (κ1) is 20.5. The van der Waals surface area contributed by atoms with Gasteiger partial charge in [0.25, 0.3) is 5.56 Å². The summed E-state index contributed by atoms with van der Waals surface area (Å²) in [6.07, 6.45) is 2.95. The molecular weight excluding hydrogens is 456 g/mol. The Morgan fingerprint density at radius 3 is 2.85 bits per heavy atom. The smallest absolute Gasteiger partial charge is 0.267 e. The molecule has 34 heavy (non-hydrogen) atoms. The lowest BCUT2D eigenvalue weighted by atomic mass is 10.1. The molecule has 6 rings (SSSR count). The summed E-state index contributed by atoms with van der Waals surface area (Å²) in [5, 5.41) is 11.7. The maximum Gasteiger partial charge on any atom is 0.267 e. The second kappa shape index (κ2) is 8.03. The number of fused-ring (bicyclic) bond motifs is 4. The normalized spacial score (nSPS) is 15.1. The van der Waals surface area contributed by atoms with Crippen LogP contribution in [0.25, 0.3) is 27.6 Å². The highest BCUT2D eigenvalue weighted by atomic mass is 35.5. The van der Waals surface area contributed by atoms with Gasteiger partial charge in [-0.3, -0.25) is 14.5 Å². The van der Waals surface area contributed by atoms with E-state index in [4.69, 9.17) is 26.1 Å².